The average molecular weight is 262 g/mol. The van der Waals surface area contributed by atoms with Gasteiger partial charge in [0.25, 0.3) is 5.91 Å². The highest BCUT2D eigenvalue weighted by molar-refractivity contribution is 5.99. The summed E-state index contributed by atoms with van der Waals surface area (Å²) in [6, 6.07) is 1.88. The Labute approximate surface area is 114 Å². The van der Waals surface area contributed by atoms with Crippen molar-refractivity contribution in [2.24, 2.45) is 17.4 Å². The quantitative estimate of drug-likeness (QED) is 0.850. The van der Waals surface area contributed by atoms with Crippen molar-refractivity contribution in [3.63, 3.8) is 0 Å². The number of rotatable bonds is 3. The highest BCUT2D eigenvalue weighted by atomic mass is 16.1. The molecule has 2 rings (SSSR count). The van der Waals surface area contributed by atoms with Gasteiger partial charge in [-0.15, -0.1) is 0 Å². The summed E-state index contributed by atoms with van der Waals surface area (Å²) >= 11 is 0. The summed E-state index contributed by atoms with van der Waals surface area (Å²) in [4.78, 5) is 18.1. The molecule has 0 spiro atoms. The number of amides is 1. The van der Waals surface area contributed by atoms with E-state index in [1.54, 1.807) is 0 Å². The van der Waals surface area contributed by atoms with Crippen LogP contribution < -0.4 is 16.4 Å². The molecule has 1 aliphatic heterocycles. The van der Waals surface area contributed by atoms with Gasteiger partial charge in [0.15, 0.2) is 0 Å². The lowest BCUT2D eigenvalue weighted by atomic mass is 9.80. The van der Waals surface area contributed by atoms with Crippen molar-refractivity contribution in [2.75, 3.05) is 18.0 Å². The van der Waals surface area contributed by atoms with Crippen molar-refractivity contribution < 1.29 is 4.79 Å². The fourth-order valence-electron chi connectivity index (χ4n) is 2.53. The third kappa shape index (κ3) is 2.30. The zero-order valence-electron chi connectivity index (χ0n) is 12.0. The third-order valence-electron chi connectivity index (χ3n) is 3.99. The van der Waals surface area contributed by atoms with Gasteiger partial charge in [-0.05, 0) is 31.4 Å². The molecule has 0 aliphatic carbocycles. The van der Waals surface area contributed by atoms with Gasteiger partial charge in [-0.25, -0.2) is 4.98 Å². The summed E-state index contributed by atoms with van der Waals surface area (Å²) in [5, 5.41) is 0. The van der Waals surface area contributed by atoms with E-state index in [1.807, 2.05) is 24.8 Å². The first-order valence-corrected chi connectivity index (χ1v) is 6.56. The first kappa shape index (κ1) is 13.8. The molecule has 104 valence electrons. The Hall–Kier alpha value is -1.62. The molecule has 1 aromatic rings. The molecule has 0 bridgehead atoms. The SMILES string of the molecule is Cc1cc(C)c(C(N)=O)c(N2CC(N)(C(C)C)C2)n1. The number of nitrogens with zero attached hydrogens (tertiary/aromatic N) is 2. The van der Waals surface area contributed by atoms with Crippen LogP contribution >= 0.6 is 0 Å². The van der Waals surface area contributed by atoms with Crippen LogP contribution in [0.4, 0.5) is 5.82 Å². The van der Waals surface area contributed by atoms with Crippen molar-refractivity contribution in [2.45, 2.75) is 33.2 Å². The molecule has 0 unspecified atom stereocenters. The molecule has 0 atom stereocenters. The minimum Gasteiger partial charge on any atom is -0.365 e. The Morgan fingerprint density at radius 2 is 2.00 bits per heavy atom. The number of primary amides is 1. The van der Waals surface area contributed by atoms with Crippen LogP contribution in [0.25, 0.3) is 0 Å². The Balaban J connectivity index is 2.35. The van der Waals surface area contributed by atoms with Crippen molar-refractivity contribution in [1.29, 1.82) is 0 Å². The minimum atomic E-state index is -0.431. The molecule has 1 fully saturated rings. The molecule has 5 nitrogen and oxygen atoms in total. The Morgan fingerprint density at radius 1 is 1.42 bits per heavy atom. The maximum Gasteiger partial charge on any atom is 0.252 e. The highest BCUT2D eigenvalue weighted by Gasteiger charge is 2.43. The van der Waals surface area contributed by atoms with E-state index < -0.39 is 5.91 Å². The van der Waals surface area contributed by atoms with E-state index in [2.05, 4.69) is 18.8 Å². The molecule has 0 saturated carbocycles. The number of aryl methyl sites for hydroxylation is 2. The molecular formula is C14H22N4O. The number of anilines is 1. The smallest absolute Gasteiger partial charge is 0.252 e. The van der Waals surface area contributed by atoms with E-state index >= 15 is 0 Å². The molecular weight excluding hydrogens is 240 g/mol. The molecule has 1 aromatic heterocycles. The fourth-order valence-corrected chi connectivity index (χ4v) is 2.53. The maximum atomic E-state index is 11.6. The van der Waals surface area contributed by atoms with Crippen LogP contribution in [0.3, 0.4) is 0 Å². The van der Waals surface area contributed by atoms with Gasteiger partial charge >= 0.3 is 0 Å². The number of pyridine rings is 1. The number of aromatic nitrogens is 1. The summed E-state index contributed by atoms with van der Waals surface area (Å²) in [5.41, 5.74) is 13.8. The van der Waals surface area contributed by atoms with Gasteiger partial charge in [-0.3, -0.25) is 4.79 Å². The summed E-state index contributed by atoms with van der Waals surface area (Å²) in [6.45, 7) is 9.44. The second-order valence-corrected chi connectivity index (χ2v) is 5.89. The Bertz CT molecular complexity index is 518. The molecule has 0 aromatic carbocycles. The van der Waals surface area contributed by atoms with Gasteiger partial charge in [-0.1, -0.05) is 13.8 Å². The van der Waals surface area contributed by atoms with Crippen LogP contribution in [0.1, 0.15) is 35.5 Å². The lowest BCUT2D eigenvalue weighted by Gasteiger charge is -2.51. The zero-order chi connectivity index (χ0) is 14.4. The van der Waals surface area contributed by atoms with E-state index in [-0.39, 0.29) is 5.54 Å². The lowest BCUT2D eigenvalue weighted by molar-refractivity contribution is 0.0999. The monoisotopic (exact) mass is 262 g/mol. The summed E-state index contributed by atoms with van der Waals surface area (Å²) in [5.74, 6) is 0.637. The first-order chi connectivity index (χ1) is 8.74. The maximum absolute atomic E-state index is 11.6. The van der Waals surface area contributed by atoms with E-state index in [9.17, 15) is 4.79 Å². The highest BCUT2D eigenvalue weighted by Crippen LogP contribution is 2.33. The second kappa shape index (κ2) is 4.49. The van der Waals surface area contributed by atoms with Crippen LogP contribution in [-0.2, 0) is 0 Å². The summed E-state index contributed by atoms with van der Waals surface area (Å²) in [7, 11) is 0. The standard InChI is InChI=1S/C14H22N4O/c1-8(2)14(16)6-18(7-14)13-11(12(15)19)9(3)5-10(4)17-13/h5,8H,6-7,16H2,1-4H3,(H2,15,19). The fraction of sp³-hybridized carbons (Fsp3) is 0.571. The lowest BCUT2D eigenvalue weighted by Crippen LogP contribution is -2.70. The minimum absolute atomic E-state index is 0.200. The summed E-state index contributed by atoms with van der Waals surface area (Å²) in [6.07, 6.45) is 0. The van der Waals surface area contributed by atoms with Gasteiger partial charge in [0.1, 0.15) is 5.82 Å². The van der Waals surface area contributed by atoms with Crippen LogP contribution in [-0.4, -0.2) is 29.5 Å². The van der Waals surface area contributed by atoms with Gasteiger partial charge in [0, 0.05) is 18.8 Å². The molecule has 0 radical (unpaired) electrons. The second-order valence-electron chi connectivity index (χ2n) is 5.89. The van der Waals surface area contributed by atoms with E-state index in [0.29, 0.717) is 30.4 Å². The molecule has 1 amide bonds. The zero-order valence-corrected chi connectivity index (χ0v) is 12.0. The van der Waals surface area contributed by atoms with Crippen molar-refractivity contribution in [1.82, 2.24) is 4.98 Å². The topological polar surface area (TPSA) is 85.2 Å². The van der Waals surface area contributed by atoms with Crippen LogP contribution in [0.5, 0.6) is 0 Å². The third-order valence-corrected chi connectivity index (χ3v) is 3.99. The molecule has 1 saturated heterocycles. The number of carbonyl (C=O) groups excluding carboxylic acids is 1. The Kier molecular flexibility index (Phi) is 3.26. The molecule has 4 N–H and O–H groups in total. The molecule has 19 heavy (non-hydrogen) atoms. The van der Waals surface area contributed by atoms with Gasteiger partial charge in [0.2, 0.25) is 0 Å². The first-order valence-electron chi connectivity index (χ1n) is 6.56. The van der Waals surface area contributed by atoms with Crippen LogP contribution in [0.2, 0.25) is 0 Å². The van der Waals surface area contributed by atoms with Gasteiger partial charge < -0.3 is 16.4 Å². The number of hydrogen-bond donors (Lipinski definition) is 2. The van der Waals surface area contributed by atoms with Gasteiger partial charge in [0.05, 0.1) is 11.1 Å². The molecule has 5 heteroatoms. The van der Waals surface area contributed by atoms with Gasteiger partial charge in [-0.2, -0.15) is 0 Å². The normalized spacial score (nSPS) is 17.5. The van der Waals surface area contributed by atoms with Crippen molar-refractivity contribution in [3.05, 3.63) is 22.9 Å². The number of hydrogen-bond acceptors (Lipinski definition) is 4. The van der Waals surface area contributed by atoms with Crippen LogP contribution in [0, 0.1) is 19.8 Å². The van der Waals surface area contributed by atoms with Crippen molar-refractivity contribution >= 4 is 11.7 Å². The average Bonchev–Trinajstić information content (AvgIpc) is 2.22. The summed E-state index contributed by atoms with van der Waals surface area (Å²) < 4.78 is 0. The predicted molar refractivity (Wildman–Crippen MR) is 76.2 cm³/mol. The Morgan fingerprint density at radius 3 is 2.47 bits per heavy atom. The van der Waals surface area contributed by atoms with E-state index in [0.717, 1.165) is 11.3 Å². The van der Waals surface area contributed by atoms with E-state index in [1.165, 1.54) is 0 Å². The number of nitrogens with two attached hydrogens (primary N) is 2. The molecule has 2 heterocycles. The predicted octanol–water partition coefficient (Wildman–Crippen LogP) is 0.971. The largest absolute Gasteiger partial charge is 0.365 e. The number of carbonyl (C=O) groups is 1. The van der Waals surface area contributed by atoms with Crippen molar-refractivity contribution in [3.8, 4) is 0 Å². The van der Waals surface area contributed by atoms with E-state index in [4.69, 9.17) is 11.5 Å². The van der Waals surface area contributed by atoms with Crippen LogP contribution in [0.15, 0.2) is 6.07 Å². The molecule has 1 aliphatic rings.